The van der Waals surface area contributed by atoms with Crippen LogP contribution in [0.2, 0.25) is 0 Å². The zero-order valence-electron chi connectivity index (χ0n) is 11.3. The second kappa shape index (κ2) is 5.90. The van der Waals surface area contributed by atoms with Gasteiger partial charge in [0, 0.05) is 18.6 Å². The zero-order chi connectivity index (χ0) is 15.7. The molecule has 1 heterocycles. The van der Waals surface area contributed by atoms with Gasteiger partial charge in [0.15, 0.2) is 0 Å². The van der Waals surface area contributed by atoms with Gasteiger partial charge in [0.05, 0.1) is 18.3 Å². The molecule has 1 aliphatic heterocycles. The SMILES string of the molecule is NCC1(C(O)c2ccc(F)c(C(F)(F)F)c2)CCCOC1. The van der Waals surface area contributed by atoms with E-state index in [9.17, 15) is 22.7 Å². The maximum atomic E-state index is 13.3. The number of aliphatic hydroxyl groups is 1. The van der Waals surface area contributed by atoms with Gasteiger partial charge in [-0.05, 0) is 30.5 Å². The summed E-state index contributed by atoms with van der Waals surface area (Å²) in [6.45, 7) is 0.780. The van der Waals surface area contributed by atoms with Gasteiger partial charge in [-0.25, -0.2) is 4.39 Å². The predicted octanol–water partition coefficient (Wildman–Crippen LogP) is 2.63. The highest BCUT2D eigenvalue weighted by atomic mass is 19.4. The summed E-state index contributed by atoms with van der Waals surface area (Å²) in [5.41, 5.74) is 3.47. The summed E-state index contributed by atoms with van der Waals surface area (Å²) in [5.74, 6) is -1.36. The molecule has 0 spiro atoms. The van der Waals surface area contributed by atoms with Crippen LogP contribution in [0.25, 0.3) is 0 Å². The van der Waals surface area contributed by atoms with Crippen molar-refractivity contribution in [2.75, 3.05) is 19.8 Å². The summed E-state index contributed by atoms with van der Waals surface area (Å²) < 4.78 is 56.8. The van der Waals surface area contributed by atoms with Crippen molar-refractivity contribution < 1.29 is 27.4 Å². The fourth-order valence-corrected chi connectivity index (χ4v) is 2.65. The van der Waals surface area contributed by atoms with Gasteiger partial charge in [-0.15, -0.1) is 0 Å². The molecule has 0 saturated carbocycles. The molecular formula is C14H17F4NO2. The summed E-state index contributed by atoms with van der Waals surface area (Å²) in [6.07, 6.45) is -4.83. The molecule has 0 radical (unpaired) electrons. The maximum absolute atomic E-state index is 13.3. The third kappa shape index (κ3) is 3.20. The number of aliphatic hydroxyl groups excluding tert-OH is 1. The minimum Gasteiger partial charge on any atom is -0.388 e. The Hall–Kier alpha value is -1.18. The number of alkyl halides is 3. The van der Waals surface area contributed by atoms with Crippen LogP contribution in [0.5, 0.6) is 0 Å². The van der Waals surface area contributed by atoms with Crippen LogP contribution < -0.4 is 5.73 Å². The van der Waals surface area contributed by atoms with E-state index in [-0.39, 0.29) is 18.7 Å². The van der Waals surface area contributed by atoms with Crippen molar-refractivity contribution >= 4 is 0 Å². The standard InChI is InChI=1S/C14H17F4NO2/c15-11-3-2-9(6-10(11)14(16,17)18)12(20)13(7-19)4-1-5-21-8-13/h2-3,6,12,20H,1,4-5,7-8,19H2. The van der Waals surface area contributed by atoms with Crippen molar-refractivity contribution in [3.63, 3.8) is 0 Å². The van der Waals surface area contributed by atoms with Gasteiger partial charge in [0.2, 0.25) is 0 Å². The van der Waals surface area contributed by atoms with Gasteiger partial charge in [0.25, 0.3) is 0 Å². The number of hydrogen-bond acceptors (Lipinski definition) is 3. The average Bonchev–Trinajstić information content (AvgIpc) is 2.46. The molecule has 1 fully saturated rings. The van der Waals surface area contributed by atoms with E-state index in [1.165, 1.54) is 0 Å². The molecule has 1 aliphatic rings. The summed E-state index contributed by atoms with van der Waals surface area (Å²) >= 11 is 0. The molecule has 2 unspecified atom stereocenters. The maximum Gasteiger partial charge on any atom is 0.419 e. The van der Waals surface area contributed by atoms with Crippen LogP contribution in [0.1, 0.15) is 30.1 Å². The van der Waals surface area contributed by atoms with Crippen LogP contribution in [-0.4, -0.2) is 24.9 Å². The van der Waals surface area contributed by atoms with Crippen molar-refractivity contribution in [3.05, 3.63) is 35.1 Å². The molecule has 1 saturated heterocycles. The lowest BCUT2D eigenvalue weighted by molar-refractivity contribution is -0.140. The first-order valence-electron chi connectivity index (χ1n) is 6.63. The van der Waals surface area contributed by atoms with E-state index in [0.29, 0.717) is 25.5 Å². The molecular weight excluding hydrogens is 290 g/mol. The van der Waals surface area contributed by atoms with Crippen molar-refractivity contribution in [2.24, 2.45) is 11.1 Å². The number of rotatable bonds is 3. The number of hydrogen-bond donors (Lipinski definition) is 2. The van der Waals surface area contributed by atoms with E-state index in [0.717, 1.165) is 12.1 Å². The smallest absolute Gasteiger partial charge is 0.388 e. The Morgan fingerprint density at radius 2 is 2.10 bits per heavy atom. The van der Waals surface area contributed by atoms with Crippen LogP contribution in [0.15, 0.2) is 18.2 Å². The Kier molecular flexibility index (Phi) is 4.55. The Morgan fingerprint density at radius 1 is 1.38 bits per heavy atom. The normalized spacial score (nSPS) is 24.9. The largest absolute Gasteiger partial charge is 0.419 e. The van der Waals surface area contributed by atoms with E-state index in [1.807, 2.05) is 0 Å². The van der Waals surface area contributed by atoms with Crippen LogP contribution in [-0.2, 0) is 10.9 Å². The van der Waals surface area contributed by atoms with Gasteiger partial charge < -0.3 is 15.6 Å². The zero-order valence-corrected chi connectivity index (χ0v) is 11.3. The van der Waals surface area contributed by atoms with Crippen LogP contribution >= 0.6 is 0 Å². The molecule has 118 valence electrons. The highest BCUT2D eigenvalue weighted by Gasteiger charge is 2.41. The van der Waals surface area contributed by atoms with Gasteiger partial charge in [0.1, 0.15) is 5.82 Å². The van der Waals surface area contributed by atoms with Crippen molar-refractivity contribution in [2.45, 2.75) is 25.1 Å². The molecule has 21 heavy (non-hydrogen) atoms. The quantitative estimate of drug-likeness (QED) is 0.844. The average molecular weight is 307 g/mol. The second-order valence-electron chi connectivity index (χ2n) is 5.36. The van der Waals surface area contributed by atoms with E-state index in [1.54, 1.807) is 0 Å². The molecule has 2 atom stereocenters. The summed E-state index contributed by atoms with van der Waals surface area (Å²) in [5, 5.41) is 10.4. The highest BCUT2D eigenvalue weighted by molar-refractivity contribution is 5.30. The Labute approximate surface area is 119 Å². The molecule has 0 aliphatic carbocycles. The second-order valence-corrected chi connectivity index (χ2v) is 5.36. The fraction of sp³-hybridized carbons (Fsp3) is 0.571. The summed E-state index contributed by atoms with van der Waals surface area (Å²) in [6, 6.07) is 2.52. The van der Waals surface area contributed by atoms with Crippen LogP contribution in [0.3, 0.4) is 0 Å². The van der Waals surface area contributed by atoms with E-state index < -0.39 is 29.1 Å². The fourth-order valence-electron chi connectivity index (χ4n) is 2.65. The third-order valence-electron chi connectivity index (χ3n) is 3.95. The molecule has 0 aromatic heterocycles. The van der Waals surface area contributed by atoms with Gasteiger partial charge in [-0.1, -0.05) is 6.07 Å². The van der Waals surface area contributed by atoms with Gasteiger partial charge in [-0.2, -0.15) is 13.2 Å². The molecule has 2 rings (SSSR count). The molecule has 0 amide bonds. The minimum atomic E-state index is -4.81. The first kappa shape index (κ1) is 16.2. The van der Waals surface area contributed by atoms with Gasteiger partial charge >= 0.3 is 6.18 Å². The molecule has 3 N–H and O–H groups in total. The van der Waals surface area contributed by atoms with E-state index in [4.69, 9.17) is 10.5 Å². The number of nitrogens with two attached hydrogens (primary N) is 1. The van der Waals surface area contributed by atoms with Crippen molar-refractivity contribution in [1.29, 1.82) is 0 Å². The number of ether oxygens (including phenoxy) is 1. The lowest BCUT2D eigenvalue weighted by Crippen LogP contribution is -2.43. The number of benzene rings is 1. The lowest BCUT2D eigenvalue weighted by Gasteiger charge is -2.40. The van der Waals surface area contributed by atoms with Crippen molar-refractivity contribution in [3.8, 4) is 0 Å². The topological polar surface area (TPSA) is 55.5 Å². The third-order valence-corrected chi connectivity index (χ3v) is 3.95. The monoisotopic (exact) mass is 307 g/mol. The summed E-state index contributed by atoms with van der Waals surface area (Å²) in [7, 11) is 0. The van der Waals surface area contributed by atoms with Gasteiger partial charge in [-0.3, -0.25) is 0 Å². The predicted molar refractivity (Wildman–Crippen MR) is 67.9 cm³/mol. The highest BCUT2D eigenvalue weighted by Crippen LogP contribution is 2.41. The first-order chi connectivity index (χ1) is 9.80. The van der Waals surface area contributed by atoms with Crippen LogP contribution in [0, 0.1) is 11.2 Å². The van der Waals surface area contributed by atoms with E-state index in [2.05, 4.69) is 0 Å². The molecule has 1 aromatic rings. The molecule has 1 aromatic carbocycles. The van der Waals surface area contributed by atoms with Crippen molar-refractivity contribution in [1.82, 2.24) is 0 Å². The van der Waals surface area contributed by atoms with Crippen LogP contribution in [0.4, 0.5) is 17.6 Å². The molecule has 3 nitrogen and oxygen atoms in total. The first-order valence-corrected chi connectivity index (χ1v) is 6.63. The van der Waals surface area contributed by atoms with E-state index >= 15 is 0 Å². The lowest BCUT2D eigenvalue weighted by atomic mass is 9.74. The molecule has 7 heteroatoms. The molecule has 0 bridgehead atoms. The summed E-state index contributed by atoms with van der Waals surface area (Å²) in [4.78, 5) is 0. The Morgan fingerprint density at radius 3 is 2.62 bits per heavy atom. The number of halogens is 4. The Bertz CT molecular complexity index is 498. The Balaban J connectivity index is 2.36. The minimum absolute atomic E-state index is 0.000301.